The van der Waals surface area contributed by atoms with Gasteiger partial charge in [-0.1, -0.05) is 19.9 Å². The molecule has 0 aliphatic heterocycles. The molecule has 0 amide bonds. The Morgan fingerprint density at radius 1 is 0.727 bits per heavy atom. The van der Waals surface area contributed by atoms with Crippen molar-refractivity contribution in [3.05, 3.63) is 42.2 Å². The highest BCUT2D eigenvalue weighted by molar-refractivity contribution is 5.92. The lowest BCUT2D eigenvalue weighted by Gasteiger charge is -2.28. The number of hydrogen-bond donors (Lipinski definition) is 0. The molecule has 0 unspecified atom stereocenters. The van der Waals surface area contributed by atoms with E-state index < -0.39 is 0 Å². The summed E-state index contributed by atoms with van der Waals surface area (Å²) in [5, 5.41) is 0.912. The zero-order valence-electron chi connectivity index (χ0n) is 20.4. The van der Waals surface area contributed by atoms with Gasteiger partial charge < -0.3 is 28.7 Å². The van der Waals surface area contributed by atoms with Crippen molar-refractivity contribution in [1.29, 1.82) is 0 Å². The number of aromatic nitrogens is 2. The molecule has 0 saturated carbocycles. The largest absolute Gasteiger partial charge is 0.493 e. The Hall–Kier alpha value is -3.26. The Balaban J connectivity index is 2.04. The summed E-state index contributed by atoms with van der Waals surface area (Å²) in [6.07, 6.45) is 1.60. The smallest absolute Gasteiger partial charge is 0.162 e. The first kappa shape index (κ1) is 24.4. The molecule has 33 heavy (non-hydrogen) atoms. The van der Waals surface area contributed by atoms with E-state index in [1.165, 1.54) is 0 Å². The van der Waals surface area contributed by atoms with Crippen molar-refractivity contribution in [2.24, 2.45) is 0 Å². The normalized spacial score (nSPS) is 11.0. The maximum absolute atomic E-state index is 5.55. The topological polar surface area (TPSA) is 69.2 Å². The van der Waals surface area contributed by atoms with Crippen LogP contribution >= 0.6 is 0 Å². The summed E-state index contributed by atoms with van der Waals surface area (Å²) in [4.78, 5) is 13.8. The highest BCUT2D eigenvalue weighted by Gasteiger charge is 2.18. The second-order valence-electron chi connectivity index (χ2n) is 7.56. The fourth-order valence-electron chi connectivity index (χ4n) is 3.88. The molecule has 8 heteroatoms. The minimum atomic E-state index is 0.643. The van der Waals surface area contributed by atoms with Crippen LogP contribution < -0.4 is 23.8 Å². The molecule has 0 fully saturated rings. The number of anilines is 1. The monoisotopic (exact) mass is 454 g/mol. The predicted octanol–water partition coefficient (Wildman–Crippen LogP) is 4.01. The Kier molecular flexibility index (Phi) is 8.54. The van der Waals surface area contributed by atoms with E-state index in [-0.39, 0.29) is 0 Å². The van der Waals surface area contributed by atoms with Gasteiger partial charge in [-0.25, -0.2) is 9.97 Å². The molecule has 0 bridgehead atoms. The summed E-state index contributed by atoms with van der Waals surface area (Å²) in [5.41, 5.74) is 1.90. The van der Waals surface area contributed by atoms with E-state index in [9.17, 15) is 0 Å². The third-order valence-electron chi connectivity index (χ3n) is 5.82. The molecule has 2 aromatic carbocycles. The summed E-state index contributed by atoms with van der Waals surface area (Å²) < 4.78 is 21.9. The summed E-state index contributed by atoms with van der Waals surface area (Å²) in [6, 6.07) is 9.83. The van der Waals surface area contributed by atoms with Crippen LogP contribution in [-0.4, -0.2) is 69.5 Å². The molecule has 0 N–H and O–H groups in total. The lowest BCUT2D eigenvalue weighted by molar-refractivity contribution is 0.309. The molecule has 178 valence electrons. The molecule has 1 aromatic heterocycles. The quantitative estimate of drug-likeness (QED) is 0.407. The average Bonchev–Trinajstić information content (AvgIpc) is 2.87. The van der Waals surface area contributed by atoms with Gasteiger partial charge in [0.2, 0.25) is 0 Å². The van der Waals surface area contributed by atoms with Gasteiger partial charge in [0.1, 0.15) is 12.1 Å². The van der Waals surface area contributed by atoms with Crippen LogP contribution in [0.2, 0.25) is 0 Å². The van der Waals surface area contributed by atoms with Crippen molar-refractivity contribution in [2.75, 3.05) is 59.5 Å². The summed E-state index contributed by atoms with van der Waals surface area (Å²) in [6.45, 7) is 8.73. The van der Waals surface area contributed by atoms with Crippen molar-refractivity contribution >= 4 is 16.7 Å². The van der Waals surface area contributed by atoms with E-state index in [0.29, 0.717) is 29.5 Å². The maximum atomic E-state index is 5.55. The fraction of sp³-hybridized carbons (Fsp3) is 0.440. The number of methoxy groups -OCH3 is 4. The first-order chi connectivity index (χ1) is 16.1. The van der Waals surface area contributed by atoms with Crippen LogP contribution in [0.1, 0.15) is 19.4 Å². The lowest BCUT2D eigenvalue weighted by atomic mass is 10.1. The van der Waals surface area contributed by atoms with Crippen LogP contribution in [0.25, 0.3) is 10.9 Å². The Morgan fingerprint density at radius 3 is 2.00 bits per heavy atom. The minimum absolute atomic E-state index is 0.643. The van der Waals surface area contributed by atoms with E-state index in [4.69, 9.17) is 18.9 Å². The summed E-state index contributed by atoms with van der Waals surface area (Å²) >= 11 is 0. The van der Waals surface area contributed by atoms with Gasteiger partial charge in [-0.05, 0) is 36.9 Å². The van der Waals surface area contributed by atoms with Gasteiger partial charge in [0.15, 0.2) is 23.0 Å². The van der Waals surface area contributed by atoms with Crippen molar-refractivity contribution in [2.45, 2.75) is 20.4 Å². The SMILES string of the molecule is CCN(CC)CCN(Cc1ccc(OC)c(OC)c1)c1ncnc2cc(OC)c(OC)cc12. The van der Waals surface area contributed by atoms with E-state index in [1.807, 2.05) is 24.3 Å². The molecule has 0 atom stereocenters. The third-order valence-corrected chi connectivity index (χ3v) is 5.82. The van der Waals surface area contributed by atoms with Crippen LogP contribution in [-0.2, 0) is 6.54 Å². The molecule has 1 heterocycles. The lowest BCUT2D eigenvalue weighted by Crippen LogP contribution is -2.35. The van der Waals surface area contributed by atoms with Gasteiger partial charge in [0.05, 0.1) is 34.0 Å². The van der Waals surface area contributed by atoms with Crippen LogP contribution in [0.4, 0.5) is 5.82 Å². The van der Waals surface area contributed by atoms with Crippen LogP contribution in [0, 0.1) is 0 Å². The Bertz CT molecular complexity index is 1060. The van der Waals surface area contributed by atoms with E-state index in [2.05, 4.69) is 39.7 Å². The third kappa shape index (κ3) is 5.57. The molecule has 3 rings (SSSR count). The minimum Gasteiger partial charge on any atom is -0.493 e. The number of fused-ring (bicyclic) bond motifs is 1. The van der Waals surface area contributed by atoms with Crippen LogP contribution in [0.3, 0.4) is 0 Å². The number of hydrogen-bond acceptors (Lipinski definition) is 8. The molecule has 0 aliphatic rings. The van der Waals surface area contributed by atoms with E-state index >= 15 is 0 Å². The Labute approximate surface area is 196 Å². The highest BCUT2D eigenvalue weighted by atomic mass is 16.5. The van der Waals surface area contributed by atoms with Gasteiger partial charge in [-0.15, -0.1) is 0 Å². The van der Waals surface area contributed by atoms with Gasteiger partial charge >= 0.3 is 0 Å². The molecule has 0 aliphatic carbocycles. The molecule has 0 spiro atoms. The number of nitrogens with zero attached hydrogens (tertiary/aromatic N) is 4. The maximum Gasteiger partial charge on any atom is 0.162 e. The highest BCUT2D eigenvalue weighted by Crippen LogP contribution is 2.35. The number of benzene rings is 2. The molecular weight excluding hydrogens is 420 g/mol. The zero-order chi connectivity index (χ0) is 23.8. The molecule has 0 saturated heterocycles. The van der Waals surface area contributed by atoms with E-state index in [0.717, 1.165) is 48.5 Å². The number of ether oxygens (including phenoxy) is 4. The van der Waals surface area contributed by atoms with Gasteiger partial charge in [-0.2, -0.15) is 0 Å². The van der Waals surface area contributed by atoms with Gasteiger partial charge in [0.25, 0.3) is 0 Å². The molecule has 8 nitrogen and oxygen atoms in total. The van der Waals surface area contributed by atoms with Gasteiger partial charge in [0, 0.05) is 31.1 Å². The van der Waals surface area contributed by atoms with Crippen molar-refractivity contribution in [1.82, 2.24) is 14.9 Å². The zero-order valence-corrected chi connectivity index (χ0v) is 20.4. The van der Waals surface area contributed by atoms with Crippen molar-refractivity contribution < 1.29 is 18.9 Å². The summed E-state index contributed by atoms with van der Waals surface area (Å²) in [5.74, 6) is 3.56. The van der Waals surface area contributed by atoms with E-state index in [1.54, 1.807) is 34.8 Å². The van der Waals surface area contributed by atoms with Gasteiger partial charge in [-0.3, -0.25) is 0 Å². The number of likely N-dealkylation sites (N-methyl/N-ethyl adjacent to an activating group) is 1. The van der Waals surface area contributed by atoms with Crippen LogP contribution in [0.15, 0.2) is 36.7 Å². The van der Waals surface area contributed by atoms with Crippen LogP contribution in [0.5, 0.6) is 23.0 Å². The average molecular weight is 455 g/mol. The standard InChI is InChI=1S/C25H34N4O4/c1-7-28(8-2)11-12-29(16-18-9-10-21(30-3)22(13-18)31-4)25-19-14-23(32-5)24(33-6)15-20(19)26-17-27-25/h9-10,13-15,17H,7-8,11-12,16H2,1-6H3. The van der Waals surface area contributed by atoms with Crippen molar-refractivity contribution in [3.63, 3.8) is 0 Å². The first-order valence-corrected chi connectivity index (χ1v) is 11.1. The Morgan fingerprint density at radius 2 is 1.36 bits per heavy atom. The molecule has 0 radical (unpaired) electrons. The predicted molar refractivity (Wildman–Crippen MR) is 131 cm³/mol. The van der Waals surface area contributed by atoms with Crippen molar-refractivity contribution in [3.8, 4) is 23.0 Å². The summed E-state index contributed by atoms with van der Waals surface area (Å²) in [7, 11) is 6.55. The second-order valence-corrected chi connectivity index (χ2v) is 7.56. The second kappa shape index (κ2) is 11.6. The fourth-order valence-corrected chi connectivity index (χ4v) is 3.88. The molecule has 3 aromatic rings. The first-order valence-electron chi connectivity index (χ1n) is 11.1. The number of rotatable bonds is 12. The molecular formula is C25H34N4O4.